The predicted molar refractivity (Wildman–Crippen MR) is 69.1 cm³/mol. The van der Waals surface area contributed by atoms with Crippen molar-refractivity contribution in [1.29, 1.82) is 0 Å². The normalized spacial score (nSPS) is 10.4. The zero-order valence-electron chi connectivity index (χ0n) is 10.6. The monoisotopic (exact) mass is 261 g/mol. The number of aromatic nitrogens is 1. The number of aryl methyl sites for hydroxylation is 1. The van der Waals surface area contributed by atoms with Gasteiger partial charge in [0.2, 0.25) is 0 Å². The molecule has 0 atom stereocenters. The van der Waals surface area contributed by atoms with Gasteiger partial charge in [0.25, 0.3) is 0 Å². The lowest BCUT2D eigenvalue weighted by Gasteiger charge is -2.02. The highest BCUT2D eigenvalue weighted by molar-refractivity contribution is 5.67. The summed E-state index contributed by atoms with van der Waals surface area (Å²) in [5.74, 6) is 0.589. The summed E-state index contributed by atoms with van der Waals surface area (Å²) >= 11 is 0. The first-order valence-corrected chi connectivity index (χ1v) is 6.09. The molecule has 1 aromatic carbocycles. The van der Waals surface area contributed by atoms with Crippen LogP contribution in [0.4, 0.5) is 0 Å². The van der Waals surface area contributed by atoms with Crippen molar-refractivity contribution in [3.63, 3.8) is 0 Å². The van der Waals surface area contributed by atoms with Gasteiger partial charge in [-0.05, 0) is 31.2 Å². The molecule has 1 aromatic heterocycles. The Morgan fingerprint density at radius 2 is 2.11 bits per heavy atom. The van der Waals surface area contributed by atoms with E-state index in [1.165, 1.54) is 0 Å². The number of carbonyl (C=O) groups is 1. The molecule has 0 saturated heterocycles. The quantitative estimate of drug-likeness (QED) is 0.865. The molecule has 0 unspecified atom stereocenters. The predicted octanol–water partition coefficient (Wildman–Crippen LogP) is 2.76. The van der Waals surface area contributed by atoms with Gasteiger partial charge in [-0.2, -0.15) is 0 Å². The molecule has 0 aliphatic carbocycles. The number of nitrogens with zero attached hydrogens (tertiary/aromatic N) is 1. The minimum atomic E-state index is -0.842. The molecule has 0 amide bonds. The van der Waals surface area contributed by atoms with Gasteiger partial charge in [-0.1, -0.05) is 5.16 Å². The maximum atomic E-state index is 10.5. The number of benzene rings is 1. The lowest BCUT2D eigenvalue weighted by atomic mass is 10.1. The highest BCUT2D eigenvalue weighted by Gasteiger charge is 2.08. The van der Waals surface area contributed by atoms with E-state index in [-0.39, 0.29) is 6.42 Å². The molecule has 19 heavy (non-hydrogen) atoms. The summed E-state index contributed by atoms with van der Waals surface area (Å²) in [7, 11) is 0. The van der Waals surface area contributed by atoms with E-state index in [2.05, 4.69) is 5.16 Å². The lowest BCUT2D eigenvalue weighted by molar-refractivity contribution is -0.136. The Kier molecular flexibility index (Phi) is 4.18. The third-order valence-electron chi connectivity index (χ3n) is 2.60. The van der Waals surface area contributed by atoms with Crippen LogP contribution in [-0.2, 0) is 11.2 Å². The Bertz CT molecular complexity index is 545. The maximum absolute atomic E-state index is 10.5. The van der Waals surface area contributed by atoms with Crippen LogP contribution in [0.5, 0.6) is 5.75 Å². The molecule has 2 rings (SSSR count). The van der Waals surface area contributed by atoms with Crippen LogP contribution in [-0.4, -0.2) is 22.8 Å². The van der Waals surface area contributed by atoms with Crippen molar-refractivity contribution in [1.82, 2.24) is 5.16 Å². The Balaban J connectivity index is 2.07. The first kappa shape index (κ1) is 13.1. The molecule has 0 fully saturated rings. The minimum absolute atomic E-state index is 0.0508. The zero-order chi connectivity index (χ0) is 13.7. The second kappa shape index (κ2) is 6.04. The number of ether oxygens (including phenoxy) is 1. The van der Waals surface area contributed by atoms with Crippen molar-refractivity contribution in [2.45, 2.75) is 19.8 Å². The van der Waals surface area contributed by atoms with Crippen LogP contribution in [0.1, 0.15) is 19.0 Å². The first-order valence-electron chi connectivity index (χ1n) is 6.09. The number of carboxylic acids is 1. The van der Waals surface area contributed by atoms with E-state index in [1.54, 1.807) is 6.07 Å². The molecule has 100 valence electrons. The van der Waals surface area contributed by atoms with Crippen LogP contribution in [0.2, 0.25) is 0 Å². The van der Waals surface area contributed by atoms with Gasteiger partial charge >= 0.3 is 5.97 Å². The molecule has 0 spiro atoms. The Labute approximate surface area is 110 Å². The molecule has 0 saturated carbocycles. The van der Waals surface area contributed by atoms with Gasteiger partial charge in [-0.3, -0.25) is 4.79 Å². The summed E-state index contributed by atoms with van der Waals surface area (Å²) in [6.07, 6.45) is 0.422. The number of hydrogen-bond donors (Lipinski definition) is 1. The highest BCUT2D eigenvalue weighted by atomic mass is 16.5. The van der Waals surface area contributed by atoms with E-state index in [0.717, 1.165) is 11.3 Å². The smallest absolute Gasteiger partial charge is 0.303 e. The van der Waals surface area contributed by atoms with Gasteiger partial charge in [-0.25, -0.2) is 0 Å². The van der Waals surface area contributed by atoms with Gasteiger partial charge < -0.3 is 14.4 Å². The number of hydrogen-bond acceptors (Lipinski definition) is 4. The average molecular weight is 261 g/mol. The number of rotatable bonds is 6. The second-order valence-electron chi connectivity index (χ2n) is 4.03. The van der Waals surface area contributed by atoms with Crippen LogP contribution in [0.3, 0.4) is 0 Å². The minimum Gasteiger partial charge on any atom is -0.494 e. The Morgan fingerprint density at radius 3 is 2.74 bits per heavy atom. The molecular weight excluding hydrogens is 246 g/mol. The van der Waals surface area contributed by atoms with Gasteiger partial charge in [0, 0.05) is 18.1 Å². The van der Waals surface area contributed by atoms with E-state index in [9.17, 15) is 4.79 Å². The Hall–Kier alpha value is -2.30. The zero-order valence-corrected chi connectivity index (χ0v) is 10.6. The second-order valence-corrected chi connectivity index (χ2v) is 4.03. The summed E-state index contributed by atoms with van der Waals surface area (Å²) in [6.45, 7) is 2.56. The average Bonchev–Trinajstić information content (AvgIpc) is 2.86. The van der Waals surface area contributed by atoms with Crippen molar-refractivity contribution in [3.05, 3.63) is 36.0 Å². The molecule has 1 N–H and O–H groups in total. The fourth-order valence-corrected chi connectivity index (χ4v) is 1.68. The molecule has 5 nitrogen and oxygen atoms in total. The third kappa shape index (κ3) is 3.58. The van der Waals surface area contributed by atoms with E-state index >= 15 is 0 Å². The fraction of sp³-hybridized carbons (Fsp3) is 0.286. The van der Waals surface area contributed by atoms with Crippen LogP contribution in [0, 0.1) is 0 Å². The van der Waals surface area contributed by atoms with Crippen molar-refractivity contribution >= 4 is 5.97 Å². The molecule has 0 aliphatic heterocycles. The fourth-order valence-electron chi connectivity index (χ4n) is 1.68. The van der Waals surface area contributed by atoms with E-state index in [1.807, 2.05) is 31.2 Å². The van der Waals surface area contributed by atoms with Crippen LogP contribution >= 0.6 is 0 Å². The summed E-state index contributed by atoms with van der Waals surface area (Å²) < 4.78 is 10.6. The highest BCUT2D eigenvalue weighted by Crippen LogP contribution is 2.23. The molecule has 2 aromatic rings. The van der Waals surface area contributed by atoms with Crippen LogP contribution in [0.25, 0.3) is 11.3 Å². The standard InChI is InChI=1S/C14H15NO4/c1-2-18-12-6-3-10(4-7-12)13-9-11(15-19-13)5-8-14(16)17/h3-4,6-7,9H,2,5,8H2,1H3,(H,16,17). The summed E-state index contributed by atoms with van der Waals surface area (Å²) in [5, 5.41) is 12.5. The van der Waals surface area contributed by atoms with Gasteiger partial charge in [0.05, 0.1) is 18.7 Å². The Morgan fingerprint density at radius 1 is 1.37 bits per heavy atom. The van der Waals surface area contributed by atoms with Gasteiger partial charge in [-0.15, -0.1) is 0 Å². The van der Waals surface area contributed by atoms with E-state index in [0.29, 0.717) is 24.5 Å². The summed E-state index contributed by atoms with van der Waals surface area (Å²) in [6, 6.07) is 9.24. The summed E-state index contributed by atoms with van der Waals surface area (Å²) in [5.41, 5.74) is 1.53. The van der Waals surface area contributed by atoms with Crippen LogP contribution in [0.15, 0.2) is 34.9 Å². The van der Waals surface area contributed by atoms with E-state index < -0.39 is 5.97 Å². The maximum Gasteiger partial charge on any atom is 0.303 e. The number of carboxylic acid groups (broad SMARTS) is 1. The number of aliphatic carboxylic acids is 1. The van der Waals surface area contributed by atoms with Gasteiger partial charge in [0.1, 0.15) is 5.75 Å². The SMILES string of the molecule is CCOc1ccc(-c2cc(CCC(=O)O)no2)cc1. The largest absolute Gasteiger partial charge is 0.494 e. The van der Waals surface area contributed by atoms with Crippen molar-refractivity contribution < 1.29 is 19.2 Å². The topological polar surface area (TPSA) is 72.6 Å². The third-order valence-corrected chi connectivity index (χ3v) is 2.60. The van der Waals surface area contributed by atoms with Crippen molar-refractivity contribution in [2.75, 3.05) is 6.61 Å². The van der Waals surface area contributed by atoms with E-state index in [4.69, 9.17) is 14.4 Å². The van der Waals surface area contributed by atoms with Crippen molar-refractivity contribution in [3.8, 4) is 17.1 Å². The molecule has 1 heterocycles. The first-order chi connectivity index (χ1) is 9.19. The molecule has 0 aliphatic rings. The molecule has 5 heteroatoms. The van der Waals surface area contributed by atoms with Crippen LogP contribution < -0.4 is 4.74 Å². The molecule has 0 bridgehead atoms. The lowest BCUT2D eigenvalue weighted by Crippen LogP contribution is -1.97. The molecular formula is C14H15NO4. The van der Waals surface area contributed by atoms with Gasteiger partial charge in [0.15, 0.2) is 5.76 Å². The molecule has 0 radical (unpaired) electrons. The van der Waals surface area contributed by atoms with Crippen molar-refractivity contribution in [2.24, 2.45) is 0 Å². The summed E-state index contributed by atoms with van der Waals surface area (Å²) in [4.78, 5) is 10.5.